The van der Waals surface area contributed by atoms with Crippen LogP contribution in [0.5, 0.6) is 0 Å². The maximum Gasteiger partial charge on any atom is 0.274 e. The molecule has 138 valence electrons. The second-order valence-corrected chi connectivity index (χ2v) is 6.67. The zero-order chi connectivity index (χ0) is 19.0. The van der Waals surface area contributed by atoms with Crippen LogP contribution >= 0.6 is 0 Å². The molecule has 4 aromatic heterocycles. The summed E-state index contributed by atoms with van der Waals surface area (Å²) in [5, 5.41) is 8.82. The minimum atomic E-state index is -0.140. The SMILES string of the molecule is Cc1cc(C)n(Cn2ccc(C(=O)N(C)Cc3cn4ccccc4n3)n2)n1. The highest BCUT2D eigenvalue weighted by atomic mass is 16.2. The Bertz CT molecular complexity index is 1070. The lowest BCUT2D eigenvalue weighted by molar-refractivity contribution is 0.0776. The van der Waals surface area contributed by atoms with Crippen LogP contribution in [0.25, 0.3) is 5.65 Å². The Morgan fingerprint density at radius 2 is 2.00 bits per heavy atom. The van der Waals surface area contributed by atoms with Gasteiger partial charge in [0.25, 0.3) is 5.91 Å². The number of aromatic nitrogens is 6. The molecule has 0 aliphatic carbocycles. The Morgan fingerprint density at radius 1 is 1.15 bits per heavy atom. The first-order valence-electron chi connectivity index (χ1n) is 8.72. The van der Waals surface area contributed by atoms with Gasteiger partial charge in [-0.15, -0.1) is 0 Å². The number of aryl methyl sites for hydroxylation is 2. The number of carbonyl (C=O) groups excluding carboxylic acids is 1. The molecule has 4 aromatic rings. The van der Waals surface area contributed by atoms with E-state index in [9.17, 15) is 4.79 Å². The molecule has 0 saturated heterocycles. The average molecular weight is 363 g/mol. The summed E-state index contributed by atoms with van der Waals surface area (Å²) in [5.41, 5.74) is 4.12. The van der Waals surface area contributed by atoms with Crippen molar-refractivity contribution in [3.05, 3.63) is 71.7 Å². The van der Waals surface area contributed by atoms with Gasteiger partial charge in [-0.3, -0.25) is 9.48 Å². The van der Waals surface area contributed by atoms with Crippen LogP contribution in [-0.4, -0.2) is 46.8 Å². The van der Waals surface area contributed by atoms with Crippen LogP contribution in [0.15, 0.2) is 48.9 Å². The number of imidazole rings is 1. The molecule has 8 nitrogen and oxygen atoms in total. The molecule has 0 aliphatic heterocycles. The van der Waals surface area contributed by atoms with E-state index in [4.69, 9.17) is 0 Å². The Labute approximate surface area is 156 Å². The first-order valence-corrected chi connectivity index (χ1v) is 8.72. The van der Waals surface area contributed by atoms with Gasteiger partial charge >= 0.3 is 0 Å². The third-order valence-corrected chi connectivity index (χ3v) is 4.40. The van der Waals surface area contributed by atoms with Gasteiger partial charge in [0.15, 0.2) is 0 Å². The van der Waals surface area contributed by atoms with E-state index in [0.717, 1.165) is 22.7 Å². The average Bonchev–Trinajstić information content (AvgIpc) is 3.33. The van der Waals surface area contributed by atoms with Crippen molar-refractivity contribution in [1.82, 2.24) is 33.8 Å². The van der Waals surface area contributed by atoms with Crippen LogP contribution in [0, 0.1) is 13.8 Å². The van der Waals surface area contributed by atoms with E-state index >= 15 is 0 Å². The minimum absolute atomic E-state index is 0.140. The monoisotopic (exact) mass is 363 g/mol. The van der Waals surface area contributed by atoms with Crippen molar-refractivity contribution in [3.8, 4) is 0 Å². The maximum absolute atomic E-state index is 12.7. The number of rotatable bonds is 5. The second kappa shape index (κ2) is 6.71. The van der Waals surface area contributed by atoms with Gasteiger partial charge in [-0.25, -0.2) is 9.67 Å². The summed E-state index contributed by atoms with van der Waals surface area (Å²) in [6.07, 6.45) is 5.66. The van der Waals surface area contributed by atoms with Crippen LogP contribution in [0.2, 0.25) is 0 Å². The van der Waals surface area contributed by atoms with E-state index in [0.29, 0.717) is 18.9 Å². The Hall–Kier alpha value is -3.42. The molecule has 27 heavy (non-hydrogen) atoms. The van der Waals surface area contributed by atoms with Crippen LogP contribution in [-0.2, 0) is 13.2 Å². The summed E-state index contributed by atoms with van der Waals surface area (Å²) in [6.45, 7) is 4.85. The van der Waals surface area contributed by atoms with Crippen LogP contribution in [0.3, 0.4) is 0 Å². The fraction of sp³-hybridized carbons (Fsp3) is 0.263. The Balaban J connectivity index is 1.45. The van der Waals surface area contributed by atoms with Crippen molar-refractivity contribution in [1.29, 1.82) is 0 Å². The topological polar surface area (TPSA) is 73.2 Å². The fourth-order valence-electron chi connectivity index (χ4n) is 3.08. The first-order chi connectivity index (χ1) is 13.0. The van der Waals surface area contributed by atoms with Crippen molar-refractivity contribution < 1.29 is 4.79 Å². The molecule has 4 heterocycles. The number of nitrogens with zero attached hydrogens (tertiary/aromatic N) is 7. The second-order valence-electron chi connectivity index (χ2n) is 6.67. The molecule has 0 spiro atoms. The predicted octanol–water partition coefficient (Wildman–Crippen LogP) is 2.12. The molecule has 0 atom stereocenters. The van der Waals surface area contributed by atoms with E-state index < -0.39 is 0 Å². The van der Waals surface area contributed by atoms with Crippen LogP contribution in [0.1, 0.15) is 27.6 Å². The molecule has 0 fully saturated rings. The maximum atomic E-state index is 12.7. The molecule has 0 unspecified atom stereocenters. The van der Waals surface area contributed by atoms with Gasteiger partial charge in [0, 0.05) is 31.3 Å². The number of fused-ring (bicyclic) bond motifs is 1. The highest BCUT2D eigenvalue weighted by Gasteiger charge is 2.16. The van der Waals surface area contributed by atoms with Crippen molar-refractivity contribution in [2.24, 2.45) is 0 Å². The third kappa shape index (κ3) is 3.46. The van der Waals surface area contributed by atoms with E-state index in [-0.39, 0.29) is 5.91 Å². The molecular weight excluding hydrogens is 342 g/mol. The highest BCUT2D eigenvalue weighted by molar-refractivity contribution is 5.91. The van der Waals surface area contributed by atoms with Gasteiger partial charge in [0.1, 0.15) is 18.0 Å². The molecule has 0 radical (unpaired) electrons. The largest absolute Gasteiger partial charge is 0.334 e. The standard InChI is InChI=1S/C19H21N7O/c1-14-10-15(2)26(21-14)13-25-9-7-17(22-25)19(27)23(3)11-16-12-24-8-5-4-6-18(24)20-16/h4-10,12H,11,13H2,1-3H3. The number of hydrogen-bond acceptors (Lipinski definition) is 4. The molecule has 8 heteroatoms. The summed E-state index contributed by atoms with van der Waals surface area (Å²) < 4.78 is 5.51. The minimum Gasteiger partial charge on any atom is -0.334 e. The predicted molar refractivity (Wildman–Crippen MR) is 100 cm³/mol. The van der Waals surface area contributed by atoms with E-state index in [1.807, 2.05) is 59.6 Å². The van der Waals surface area contributed by atoms with E-state index in [1.54, 1.807) is 28.9 Å². The number of carbonyl (C=O) groups is 1. The first kappa shape index (κ1) is 17.0. The third-order valence-electron chi connectivity index (χ3n) is 4.40. The highest BCUT2D eigenvalue weighted by Crippen LogP contribution is 2.09. The normalized spacial score (nSPS) is 11.2. The van der Waals surface area contributed by atoms with Crippen molar-refractivity contribution in [3.63, 3.8) is 0 Å². The summed E-state index contributed by atoms with van der Waals surface area (Å²) >= 11 is 0. The van der Waals surface area contributed by atoms with Gasteiger partial charge in [-0.05, 0) is 38.1 Å². The smallest absolute Gasteiger partial charge is 0.274 e. The molecule has 0 N–H and O–H groups in total. The summed E-state index contributed by atoms with van der Waals surface area (Å²) in [4.78, 5) is 18.9. The fourth-order valence-corrected chi connectivity index (χ4v) is 3.08. The molecule has 0 aliphatic rings. The molecule has 4 rings (SSSR count). The van der Waals surface area contributed by atoms with Gasteiger partial charge in [0.05, 0.1) is 17.9 Å². The van der Waals surface area contributed by atoms with E-state index in [1.165, 1.54) is 0 Å². The van der Waals surface area contributed by atoms with Crippen LogP contribution < -0.4 is 0 Å². The molecule has 0 bridgehead atoms. The summed E-state index contributed by atoms with van der Waals surface area (Å²) in [6, 6.07) is 9.57. The Kier molecular flexibility index (Phi) is 4.23. The van der Waals surface area contributed by atoms with Gasteiger partial charge < -0.3 is 9.30 Å². The molecule has 0 aromatic carbocycles. The zero-order valence-corrected chi connectivity index (χ0v) is 15.6. The summed E-state index contributed by atoms with van der Waals surface area (Å²) in [5.74, 6) is -0.140. The lowest BCUT2D eigenvalue weighted by Gasteiger charge is -2.14. The van der Waals surface area contributed by atoms with Crippen LogP contribution in [0.4, 0.5) is 0 Å². The summed E-state index contributed by atoms with van der Waals surface area (Å²) in [7, 11) is 1.76. The lowest BCUT2D eigenvalue weighted by Crippen LogP contribution is -2.27. The quantitative estimate of drug-likeness (QED) is 0.544. The number of pyridine rings is 1. The molecule has 0 saturated carbocycles. The Morgan fingerprint density at radius 3 is 2.74 bits per heavy atom. The molecule has 1 amide bonds. The van der Waals surface area contributed by atoms with Crippen molar-refractivity contribution in [2.45, 2.75) is 27.1 Å². The van der Waals surface area contributed by atoms with Crippen molar-refractivity contribution >= 4 is 11.6 Å². The number of amides is 1. The van der Waals surface area contributed by atoms with Gasteiger partial charge in [0.2, 0.25) is 0 Å². The zero-order valence-electron chi connectivity index (χ0n) is 15.6. The lowest BCUT2D eigenvalue weighted by atomic mass is 10.3. The van der Waals surface area contributed by atoms with E-state index in [2.05, 4.69) is 15.2 Å². The number of hydrogen-bond donors (Lipinski definition) is 0. The van der Waals surface area contributed by atoms with Gasteiger partial charge in [-0.2, -0.15) is 10.2 Å². The van der Waals surface area contributed by atoms with Gasteiger partial charge in [-0.1, -0.05) is 6.07 Å². The van der Waals surface area contributed by atoms with Crippen molar-refractivity contribution in [2.75, 3.05) is 7.05 Å². The molecular formula is C19H21N7O.